The van der Waals surface area contributed by atoms with Gasteiger partial charge in [0.05, 0.1) is 0 Å². The zero-order chi connectivity index (χ0) is 51.4. The highest BCUT2D eigenvalue weighted by atomic mass is 16.6. The molecule has 400 valence electrons. The molecule has 0 unspecified atom stereocenters. The highest BCUT2D eigenvalue weighted by Crippen LogP contribution is 2.14. The molecule has 6 nitrogen and oxygen atoms in total. The lowest BCUT2D eigenvalue weighted by Crippen LogP contribution is -2.30. The van der Waals surface area contributed by atoms with Crippen molar-refractivity contribution in [1.29, 1.82) is 0 Å². The number of unbranched alkanes of at least 4 members (excludes halogenated alkanes) is 17. The van der Waals surface area contributed by atoms with Crippen molar-refractivity contribution >= 4 is 17.9 Å². The van der Waals surface area contributed by atoms with Gasteiger partial charge in [0.15, 0.2) is 6.10 Å². The Morgan fingerprint density at radius 1 is 0.296 bits per heavy atom. The number of carbonyl (C=O) groups excluding carboxylic acids is 3. The van der Waals surface area contributed by atoms with Gasteiger partial charge in [-0.1, -0.05) is 231 Å². The lowest BCUT2D eigenvalue weighted by Gasteiger charge is -2.18. The maximum Gasteiger partial charge on any atom is 0.306 e. The maximum absolute atomic E-state index is 12.9. The average molecular weight is 982 g/mol. The number of hydrogen-bond acceptors (Lipinski definition) is 6. The largest absolute Gasteiger partial charge is 0.462 e. The van der Waals surface area contributed by atoms with Gasteiger partial charge in [-0.05, 0) is 122 Å². The van der Waals surface area contributed by atoms with Crippen LogP contribution < -0.4 is 0 Å². The molecule has 0 aromatic carbocycles. The minimum Gasteiger partial charge on any atom is -0.462 e. The minimum atomic E-state index is -0.824. The van der Waals surface area contributed by atoms with E-state index in [1.54, 1.807) is 0 Å². The summed E-state index contributed by atoms with van der Waals surface area (Å²) in [6.07, 6.45) is 81.6. The van der Waals surface area contributed by atoms with Crippen LogP contribution in [0.3, 0.4) is 0 Å². The number of carbonyl (C=O) groups is 3. The highest BCUT2D eigenvalue weighted by Gasteiger charge is 2.19. The molecule has 0 bridgehead atoms. The zero-order valence-electron chi connectivity index (χ0n) is 45.7. The van der Waals surface area contributed by atoms with Crippen molar-refractivity contribution in [1.82, 2.24) is 0 Å². The van der Waals surface area contributed by atoms with Crippen molar-refractivity contribution in [3.63, 3.8) is 0 Å². The molecule has 0 aromatic rings. The topological polar surface area (TPSA) is 78.9 Å². The first-order valence-corrected chi connectivity index (χ1v) is 28.7. The number of rotatable bonds is 50. The summed E-state index contributed by atoms with van der Waals surface area (Å²) in [5.74, 6) is -1.03. The molecule has 0 heterocycles. The van der Waals surface area contributed by atoms with Crippen molar-refractivity contribution in [2.45, 2.75) is 245 Å². The summed E-state index contributed by atoms with van der Waals surface area (Å²) in [6.45, 7) is 6.30. The molecule has 0 radical (unpaired) electrons. The van der Waals surface area contributed by atoms with E-state index in [1.807, 2.05) is 6.08 Å². The lowest BCUT2D eigenvalue weighted by atomic mass is 10.1. The monoisotopic (exact) mass is 981 g/mol. The van der Waals surface area contributed by atoms with E-state index in [2.05, 4.69) is 148 Å². The van der Waals surface area contributed by atoms with Crippen LogP contribution in [0.15, 0.2) is 134 Å². The number of allylic oxidation sites excluding steroid dienone is 22. The third-order valence-corrected chi connectivity index (χ3v) is 11.6. The summed E-state index contributed by atoms with van der Waals surface area (Å²) < 4.78 is 16.8. The average Bonchev–Trinajstić information content (AvgIpc) is 3.37. The van der Waals surface area contributed by atoms with Crippen LogP contribution in [0, 0.1) is 0 Å². The van der Waals surface area contributed by atoms with E-state index in [-0.39, 0.29) is 37.5 Å². The van der Waals surface area contributed by atoms with Crippen LogP contribution in [0.1, 0.15) is 239 Å². The number of ether oxygens (including phenoxy) is 3. The summed E-state index contributed by atoms with van der Waals surface area (Å²) in [6, 6.07) is 0. The van der Waals surface area contributed by atoms with E-state index in [0.717, 1.165) is 122 Å². The third-order valence-electron chi connectivity index (χ3n) is 11.6. The van der Waals surface area contributed by atoms with Gasteiger partial charge in [-0.25, -0.2) is 0 Å². The van der Waals surface area contributed by atoms with Crippen LogP contribution in [0.2, 0.25) is 0 Å². The number of esters is 3. The van der Waals surface area contributed by atoms with Gasteiger partial charge in [-0.15, -0.1) is 0 Å². The fourth-order valence-corrected chi connectivity index (χ4v) is 7.39. The van der Waals surface area contributed by atoms with Gasteiger partial charge < -0.3 is 14.2 Å². The van der Waals surface area contributed by atoms with Crippen LogP contribution >= 0.6 is 0 Å². The molecule has 0 saturated heterocycles. The quantitative estimate of drug-likeness (QED) is 0.0262. The molecule has 6 heteroatoms. The molecule has 0 aliphatic carbocycles. The second-order valence-corrected chi connectivity index (χ2v) is 18.4. The van der Waals surface area contributed by atoms with E-state index in [4.69, 9.17) is 14.2 Å². The van der Waals surface area contributed by atoms with E-state index in [1.165, 1.54) is 70.6 Å². The Balaban J connectivity index is 4.54. The van der Waals surface area contributed by atoms with Crippen LogP contribution in [0.25, 0.3) is 0 Å². The Morgan fingerprint density at radius 2 is 0.577 bits per heavy atom. The standard InChI is InChI=1S/C65H104O6/c1-4-7-10-13-16-19-22-25-28-30-32-34-37-40-43-46-49-52-55-58-64(67)70-61-62(60-69-63(66)57-54-51-48-45-42-39-36-27-24-21-18-15-12-9-6-3)71-65(68)59-56-53-50-47-44-41-38-35-33-31-29-26-23-20-17-14-11-8-5-2/h7,9-10,12,16-21,25-29,32,34,36,40,43,49,52,62H,4-6,8,11,13-15,22-24,30-31,33,35,37-39,41-42,44-48,50-51,53-61H2,1-3H3/b10-7-,12-9-,19-16-,20-17-,21-18-,28-25-,29-26-,34-32-,36-27-,43-40-,52-49-/t62-/m0/s1. The summed E-state index contributed by atoms with van der Waals surface area (Å²) in [7, 11) is 0. The smallest absolute Gasteiger partial charge is 0.306 e. The molecule has 0 aromatic heterocycles. The SMILES string of the molecule is CC/C=C\C/C=C\C/C=C\C/C=C\C/C=C\C/C=C\CCC(=O)OC[C@H](COC(=O)CCCCCCC/C=C\C/C=C\C/C=C\CC)OC(=O)CCCCCCCCCCC/C=C\C/C=C\CCCCC. The summed E-state index contributed by atoms with van der Waals surface area (Å²) in [5.41, 5.74) is 0. The predicted molar refractivity (Wildman–Crippen MR) is 306 cm³/mol. The minimum absolute atomic E-state index is 0.116. The third kappa shape index (κ3) is 56.3. The van der Waals surface area contributed by atoms with Crippen molar-refractivity contribution in [2.75, 3.05) is 13.2 Å². The molecule has 0 spiro atoms. The Labute approximate surface area is 436 Å². The summed E-state index contributed by atoms with van der Waals surface area (Å²) in [5, 5.41) is 0. The Kier molecular flexibility index (Phi) is 54.5. The van der Waals surface area contributed by atoms with Crippen molar-refractivity contribution < 1.29 is 28.6 Å². The van der Waals surface area contributed by atoms with Gasteiger partial charge in [-0.3, -0.25) is 14.4 Å². The second-order valence-electron chi connectivity index (χ2n) is 18.4. The normalized spacial score (nSPS) is 13.1. The highest BCUT2D eigenvalue weighted by molar-refractivity contribution is 5.71. The van der Waals surface area contributed by atoms with E-state index < -0.39 is 6.10 Å². The van der Waals surface area contributed by atoms with Gasteiger partial charge in [0.2, 0.25) is 0 Å². The molecule has 71 heavy (non-hydrogen) atoms. The molecule has 1 atom stereocenters. The van der Waals surface area contributed by atoms with Crippen LogP contribution in [0.5, 0.6) is 0 Å². The van der Waals surface area contributed by atoms with Crippen molar-refractivity contribution in [3.05, 3.63) is 134 Å². The van der Waals surface area contributed by atoms with E-state index >= 15 is 0 Å². The molecular formula is C65H104O6. The molecule has 0 aliphatic heterocycles. The Bertz CT molecular complexity index is 1550. The second kappa shape index (κ2) is 58.1. The first kappa shape index (κ1) is 66.6. The van der Waals surface area contributed by atoms with Crippen LogP contribution in [-0.2, 0) is 28.6 Å². The fraction of sp³-hybridized carbons (Fsp3) is 0.615. The fourth-order valence-electron chi connectivity index (χ4n) is 7.39. The summed E-state index contributed by atoms with van der Waals surface area (Å²) >= 11 is 0. The Hall–Kier alpha value is -4.45. The molecule has 0 N–H and O–H groups in total. The molecule has 0 rings (SSSR count). The van der Waals surface area contributed by atoms with E-state index in [0.29, 0.717) is 19.3 Å². The van der Waals surface area contributed by atoms with Gasteiger partial charge in [0, 0.05) is 19.3 Å². The molecule has 0 aliphatic rings. The summed E-state index contributed by atoms with van der Waals surface area (Å²) in [4.78, 5) is 38.2. The van der Waals surface area contributed by atoms with Crippen LogP contribution in [-0.4, -0.2) is 37.2 Å². The van der Waals surface area contributed by atoms with Gasteiger partial charge in [-0.2, -0.15) is 0 Å². The molecule has 0 amide bonds. The number of hydrogen-bond donors (Lipinski definition) is 0. The Morgan fingerprint density at radius 3 is 0.944 bits per heavy atom. The molecule has 0 fully saturated rings. The van der Waals surface area contributed by atoms with Crippen LogP contribution in [0.4, 0.5) is 0 Å². The van der Waals surface area contributed by atoms with Gasteiger partial charge >= 0.3 is 17.9 Å². The van der Waals surface area contributed by atoms with Gasteiger partial charge in [0.1, 0.15) is 13.2 Å². The first-order valence-electron chi connectivity index (χ1n) is 28.7. The van der Waals surface area contributed by atoms with Crippen molar-refractivity contribution in [3.8, 4) is 0 Å². The zero-order valence-corrected chi connectivity index (χ0v) is 45.7. The molecular weight excluding hydrogens is 877 g/mol. The predicted octanol–water partition coefficient (Wildman–Crippen LogP) is 19.4. The maximum atomic E-state index is 12.9. The van der Waals surface area contributed by atoms with Crippen molar-refractivity contribution in [2.24, 2.45) is 0 Å². The molecule has 0 saturated carbocycles. The lowest BCUT2D eigenvalue weighted by molar-refractivity contribution is -0.166. The van der Waals surface area contributed by atoms with E-state index in [9.17, 15) is 14.4 Å². The van der Waals surface area contributed by atoms with Gasteiger partial charge in [0.25, 0.3) is 0 Å². The first-order chi connectivity index (χ1) is 35.0.